The largest absolute Gasteiger partial charge is 0.317 e. The van der Waals surface area contributed by atoms with Gasteiger partial charge in [-0.1, -0.05) is 41.9 Å². The highest BCUT2D eigenvalue weighted by Gasteiger charge is 2.22. The van der Waals surface area contributed by atoms with Crippen molar-refractivity contribution in [2.45, 2.75) is 35.6 Å². The molecule has 1 aliphatic rings. The highest BCUT2D eigenvalue weighted by atomic mass is 127. The minimum absolute atomic E-state index is 0.149. The zero-order valence-corrected chi connectivity index (χ0v) is 7.15. The number of hydrogen-bond acceptors (Lipinski definition) is 1. The maximum atomic E-state index is 5.86. The van der Waals surface area contributed by atoms with Crippen LogP contribution in [0.15, 0.2) is 0 Å². The maximum absolute atomic E-state index is 5.86. The molecule has 0 spiro atoms. The molecule has 0 heterocycles. The van der Waals surface area contributed by atoms with Crippen LogP contribution in [-0.2, 0) is 0 Å². The van der Waals surface area contributed by atoms with Crippen LogP contribution in [0.5, 0.6) is 0 Å². The van der Waals surface area contributed by atoms with Gasteiger partial charge in [-0.15, -0.1) is 0 Å². The Balaban J connectivity index is 2.33. The lowest BCUT2D eigenvalue weighted by Gasteiger charge is -2.26. The predicted molar refractivity (Wildman–Crippen MR) is 44.0 cm³/mol. The van der Waals surface area contributed by atoms with Crippen LogP contribution in [-0.4, -0.2) is 3.55 Å². The summed E-state index contributed by atoms with van der Waals surface area (Å²) in [5.74, 6) is 0. The average Bonchev–Trinajstić information content (AvgIpc) is 1.65. The molecular formula is C6H12IN. The van der Waals surface area contributed by atoms with Gasteiger partial charge in [0.15, 0.2) is 0 Å². The summed E-state index contributed by atoms with van der Waals surface area (Å²) in [7, 11) is 0. The molecule has 0 unspecified atom stereocenters. The Morgan fingerprint density at radius 2 is 1.62 bits per heavy atom. The summed E-state index contributed by atoms with van der Waals surface area (Å²) in [6.45, 7) is 0. The summed E-state index contributed by atoms with van der Waals surface area (Å²) in [5, 5.41) is 0. The Bertz CT molecular complexity index is 72.6. The number of alkyl halides is 1. The van der Waals surface area contributed by atoms with Gasteiger partial charge in [0.05, 0.1) is 3.55 Å². The van der Waals surface area contributed by atoms with E-state index in [2.05, 4.69) is 22.6 Å². The van der Waals surface area contributed by atoms with Crippen LogP contribution in [0.25, 0.3) is 0 Å². The Morgan fingerprint density at radius 3 is 1.88 bits per heavy atom. The highest BCUT2D eigenvalue weighted by Crippen LogP contribution is 2.30. The van der Waals surface area contributed by atoms with Gasteiger partial charge in [-0.25, -0.2) is 0 Å². The zero-order valence-electron chi connectivity index (χ0n) is 4.99. The van der Waals surface area contributed by atoms with Crippen molar-refractivity contribution in [3.63, 3.8) is 0 Å². The van der Waals surface area contributed by atoms with Crippen molar-refractivity contribution in [2.24, 2.45) is 5.73 Å². The Hall–Kier alpha value is 0.690. The van der Waals surface area contributed by atoms with Crippen LogP contribution in [0.1, 0.15) is 32.1 Å². The fraction of sp³-hybridized carbons (Fsp3) is 1.00. The van der Waals surface area contributed by atoms with Crippen LogP contribution in [0.3, 0.4) is 0 Å². The van der Waals surface area contributed by atoms with E-state index < -0.39 is 0 Å². The van der Waals surface area contributed by atoms with Gasteiger partial charge >= 0.3 is 0 Å². The minimum Gasteiger partial charge on any atom is -0.317 e. The normalized spacial score (nSPS) is 27.8. The van der Waals surface area contributed by atoms with Gasteiger partial charge in [0, 0.05) is 0 Å². The molecule has 1 aliphatic carbocycles. The molecule has 1 nitrogen and oxygen atoms in total. The molecule has 0 aromatic rings. The molecule has 0 aromatic carbocycles. The van der Waals surface area contributed by atoms with Gasteiger partial charge in [0.25, 0.3) is 0 Å². The van der Waals surface area contributed by atoms with Crippen molar-refractivity contribution in [2.75, 3.05) is 0 Å². The van der Waals surface area contributed by atoms with E-state index >= 15 is 0 Å². The molecule has 1 fully saturated rings. The molecule has 1 saturated carbocycles. The first-order chi connectivity index (χ1) is 3.71. The van der Waals surface area contributed by atoms with E-state index in [-0.39, 0.29) is 3.55 Å². The van der Waals surface area contributed by atoms with Gasteiger partial charge in [-0.2, -0.15) is 0 Å². The molecule has 0 amide bonds. The van der Waals surface area contributed by atoms with Gasteiger partial charge < -0.3 is 5.73 Å². The first kappa shape index (κ1) is 6.81. The molecule has 2 heteroatoms. The summed E-state index contributed by atoms with van der Waals surface area (Å²) in [5.41, 5.74) is 5.86. The highest BCUT2D eigenvalue weighted by molar-refractivity contribution is 14.1. The SMILES string of the molecule is NC1(I)CCCCC1. The summed E-state index contributed by atoms with van der Waals surface area (Å²) in [6, 6.07) is 0. The molecular weight excluding hydrogens is 213 g/mol. The first-order valence-electron chi connectivity index (χ1n) is 3.18. The molecule has 0 aliphatic heterocycles. The van der Waals surface area contributed by atoms with E-state index in [1.165, 1.54) is 32.1 Å². The third-order valence-electron chi connectivity index (χ3n) is 1.68. The van der Waals surface area contributed by atoms with Crippen LogP contribution in [0, 0.1) is 0 Å². The van der Waals surface area contributed by atoms with Crippen molar-refractivity contribution >= 4 is 22.6 Å². The molecule has 48 valence electrons. The third kappa shape index (κ3) is 1.90. The Morgan fingerprint density at radius 1 is 1.12 bits per heavy atom. The average molecular weight is 225 g/mol. The second kappa shape index (κ2) is 2.52. The summed E-state index contributed by atoms with van der Waals surface area (Å²) >= 11 is 2.37. The topological polar surface area (TPSA) is 26.0 Å². The van der Waals surface area contributed by atoms with E-state index in [0.717, 1.165) is 0 Å². The lowest BCUT2D eigenvalue weighted by atomic mass is 9.96. The van der Waals surface area contributed by atoms with Crippen molar-refractivity contribution in [1.82, 2.24) is 0 Å². The smallest absolute Gasteiger partial charge is 0.0680 e. The van der Waals surface area contributed by atoms with E-state index in [0.29, 0.717) is 0 Å². The van der Waals surface area contributed by atoms with Gasteiger partial charge in [0.2, 0.25) is 0 Å². The minimum atomic E-state index is 0.149. The van der Waals surface area contributed by atoms with Gasteiger partial charge in [-0.05, 0) is 12.8 Å². The Kier molecular flexibility index (Phi) is 2.14. The maximum Gasteiger partial charge on any atom is 0.0680 e. The second-order valence-corrected chi connectivity index (χ2v) is 4.74. The van der Waals surface area contributed by atoms with Crippen LogP contribution >= 0.6 is 22.6 Å². The van der Waals surface area contributed by atoms with Crippen molar-refractivity contribution in [3.8, 4) is 0 Å². The lowest BCUT2D eigenvalue weighted by Crippen LogP contribution is -2.34. The van der Waals surface area contributed by atoms with Crippen LogP contribution in [0.4, 0.5) is 0 Å². The van der Waals surface area contributed by atoms with Crippen molar-refractivity contribution in [1.29, 1.82) is 0 Å². The molecule has 0 radical (unpaired) electrons. The summed E-state index contributed by atoms with van der Waals surface area (Å²) in [4.78, 5) is 0. The number of halogens is 1. The fourth-order valence-electron chi connectivity index (χ4n) is 1.14. The predicted octanol–water partition coefficient (Wildman–Crippen LogP) is 2.04. The summed E-state index contributed by atoms with van der Waals surface area (Å²) < 4.78 is 0.149. The first-order valence-corrected chi connectivity index (χ1v) is 4.26. The van der Waals surface area contributed by atoms with Crippen molar-refractivity contribution < 1.29 is 0 Å². The molecule has 0 atom stereocenters. The molecule has 1 rings (SSSR count). The quantitative estimate of drug-likeness (QED) is 0.381. The number of hydrogen-bond donors (Lipinski definition) is 1. The Labute approximate surface area is 64.2 Å². The molecule has 0 saturated heterocycles. The van der Waals surface area contributed by atoms with E-state index in [9.17, 15) is 0 Å². The van der Waals surface area contributed by atoms with E-state index in [4.69, 9.17) is 5.73 Å². The van der Waals surface area contributed by atoms with Crippen LogP contribution < -0.4 is 5.73 Å². The standard InChI is InChI=1S/C6H12IN/c7-6(8)4-2-1-3-5-6/h1-5,8H2. The molecule has 8 heavy (non-hydrogen) atoms. The van der Waals surface area contributed by atoms with E-state index in [1.807, 2.05) is 0 Å². The van der Waals surface area contributed by atoms with Gasteiger partial charge in [0.1, 0.15) is 0 Å². The van der Waals surface area contributed by atoms with E-state index in [1.54, 1.807) is 0 Å². The fourth-order valence-corrected chi connectivity index (χ4v) is 1.90. The monoisotopic (exact) mass is 225 g/mol. The lowest BCUT2D eigenvalue weighted by molar-refractivity contribution is 0.425. The zero-order chi connectivity index (χ0) is 6.04. The number of nitrogens with two attached hydrogens (primary N) is 1. The third-order valence-corrected chi connectivity index (χ3v) is 2.76. The molecule has 0 bridgehead atoms. The van der Waals surface area contributed by atoms with Crippen LogP contribution in [0.2, 0.25) is 0 Å². The number of rotatable bonds is 0. The molecule has 0 aromatic heterocycles. The summed E-state index contributed by atoms with van der Waals surface area (Å²) in [6.07, 6.45) is 6.49. The van der Waals surface area contributed by atoms with Crippen molar-refractivity contribution in [3.05, 3.63) is 0 Å². The van der Waals surface area contributed by atoms with Gasteiger partial charge in [-0.3, -0.25) is 0 Å². The molecule has 2 N–H and O–H groups in total. The second-order valence-electron chi connectivity index (χ2n) is 2.60.